The summed E-state index contributed by atoms with van der Waals surface area (Å²) >= 11 is 5.69. The molecule has 1 atom stereocenters. The van der Waals surface area contributed by atoms with E-state index in [-0.39, 0.29) is 18.1 Å². The molecule has 0 radical (unpaired) electrons. The predicted octanol–water partition coefficient (Wildman–Crippen LogP) is 0.857. The molecule has 0 aromatic heterocycles. The van der Waals surface area contributed by atoms with Gasteiger partial charge in [-0.1, -0.05) is 11.6 Å². The first-order valence-electron chi connectivity index (χ1n) is 5.17. The zero-order valence-corrected chi connectivity index (χ0v) is 10.6. The van der Waals surface area contributed by atoms with Gasteiger partial charge in [-0.15, -0.1) is 0 Å². The molecule has 0 spiro atoms. The average Bonchev–Trinajstić information content (AvgIpc) is 3.06. The van der Waals surface area contributed by atoms with Crippen molar-refractivity contribution in [2.24, 2.45) is 5.41 Å². The highest BCUT2D eigenvalue weighted by Gasteiger charge is 2.60. The molecule has 1 aromatic carbocycles. The number of rotatable bonds is 4. The van der Waals surface area contributed by atoms with Gasteiger partial charge < -0.3 is 10.2 Å². The van der Waals surface area contributed by atoms with Crippen LogP contribution in [0.4, 0.5) is 0 Å². The molecule has 6 heteroatoms. The Morgan fingerprint density at radius 2 is 1.76 bits per heavy atom. The monoisotopic (exact) mass is 276 g/mol. The Morgan fingerprint density at radius 1 is 1.24 bits per heavy atom. The summed E-state index contributed by atoms with van der Waals surface area (Å²) in [6.45, 7) is -0.637. The third-order valence-corrected chi connectivity index (χ3v) is 5.86. The lowest BCUT2D eigenvalue weighted by molar-refractivity contribution is 0.134. The lowest BCUT2D eigenvalue weighted by Crippen LogP contribution is -2.22. The van der Waals surface area contributed by atoms with Gasteiger partial charge in [0, 0.05) is 10.4 Å². The molecule has 1 aliphatic rings. The van der Waals surface area contributed by atoms with Crippen molar-refractivity contribution >= 4 is 21.4 Å². The topological polar surface area (TPSA) is 74.6 Å². The van der Waals surface area contributed by atoms with Gasteiger partial charge >= 0.3 is 0 Å². The molecule has 2 rings (SSSR count). The van der Waals surface area contributed by atoms with E-state index in [2.05, 4.69) is 0 Å². The normalized spacial score (nSPS) is 22.4. The van der Waals surface area contributed by atoms with E-state index in [0.29, 0.717) is 11.4 Å². The van der Waals surface area contributed by atoms with Gasteiger partial charge in [0.2, 0.25) is 0 Å². The van der Waals surface area contributed by atoms with Crippen LogP contribution in [0.3, 0.4) is 0 Å². The standard InChI is InChI=1S/C11H13ClO4S/c12-8-1-3-9(4-2-8)17(15,16)10-5-11(10,6-13)7-14/h1-4,10,13-14H,5-7H2/t10-/m1/s1. The lowest BCUT2D eigenvalue weighted by atomic mass is 10.1. The predicted molar refractivity (Wildman–Crippen MR) is 63.6 cm³/mol. The molecule has 0 amide bonds. The first kappa shape index (κ1) is 12.8. The Bertz CT molecular complexity index is 505. The smallest absolute Gasteiger partial charge is 0.181 e. The largest absolute Gasteiger partial charge is 0.396 e. The molecule has 94 valence electrons. The highest BCUT2D eigenvalue weighted by molar-refractivity contribution is 7.92. The zero-order chi connectivity index (χ0) is 12.7. The third kappa shape index (κ3) is 2.08. The molecule has 1 saturated carbocycles. The molecule has 1 aromatic rings. The molecular formula is C11H13ClO4S. The molecule has 4 nitrogen and oxygen atoms in total. The van der Waals surface area contributed by atoms with Gasteiger partial charge in [0.05, 0.1) is 23.4 Å². The van der Waals surface area contributed by atoms with Gasteiger partial charge in [0.25, 0.3) is 0 Å². The minimum Gasteiger partial charge on any atom is -0.396 e. The molecule has 0 heterocycles. The Hall–Kier alpha value is -0.620. The summed E-state index contributed by atoms with van der Waals surface area (Å²) in [7, 11) is -3.49. The molecule has 0 aliphatic heterocycles. The first-order chi connectivity index (χ1) is 7.96. The van der Waals surface area contributed by atoms with E-state index in [9.17, 15) is 8.42 Å². The lowest BCUT2D eigenvalue weighted by Gasteiger charge is -2.10. The van der Waals surface area contributed by atoms with Crippen LogP contribution in [0.2, 0.25) is 5.02 Å². The maximum atomic E-state index is 12.2. The summed E-state index contributed by atoms with van der Waals surface area (Å²) in [5.41, 5.74) is -0.877. The maximum absolute atomic E-state index is 12.2. The average molecular weight is 277 g/mol. The summed E-state index contributed by atoms with van der Waals surface area (Å²) in [6.07, 6.45) is 0.297. The second-order valence-electron chi connectivity index (χ2n) is 4.37. The summed E-state index contributed by atoms with van der Waals surface area (Å²) < 4.78 is 24.3. The number of aliphatic hydroxyl groups is 2. The number of benzene rings is 1. The van der Waals surface area contributed by atoms with Crippen LogP contribution in [-0.4, -0.2) is 37.1 Å². The fraction of sp³-hybridized carbons (Fsp3) is 0.455. The molecule has 17 heavy (non-hydrogen) atoms. The van der Waals surface area contributed by atoms with Crippen LogP contribution in [-0.2, 0) is 9.84 Å². The van der Waals surface area contributed by atoms with Gasteiger partial charge in [0.1, 0.15) is 0 Å². The summed E-state index contributed by atoms with van der Waals surface area (Å²) in [5, 5.41) is 18.0. The Kier molecular flexibility index (Phi) is 3.20. The molecule has 0 unspecified atom stereocenters. The van der Waals surface area contributed by atoms with Crippen molar-refractivity contribution in [2.45, 2.75) is 16.6 Å². The molecule has 1 aliphatic carbocycles. The number of halogens is 1. The fourth-order valence-corrected chi connectivity index (χ4v) is 4.25. The zero-order valence-electron chi connectivity index (χ0n) is 9.01. The van der Waals surface area contributed by atoms with E-state index in [1.807, 2.05) is 0 Å². The Labute approximate surface area is 105 Å². The van der Waals surface area contributed by atoms with E-state index in [1.54, 1.807) is 0 Å². The van der Waals surface area contributed by atoms with Gasteiger partial charge in [-0.05, 0) is 30.7 Å². The fourth-order valence-electron chi connectivity index (χ4n) is 1.92. The van der Waals surface area contributed by atoms with E-state index in [0.717, 1.165) is 0 Å². The van der Waals surface area contributed by atoms with Crippen LogP contribution < -0.4 is 0 Å². The van der Waals surface area contributed by atoms with Gasteiger partial charge in [-0.25, -0.2) is 8.42 Å². The van der Waals surface area contributed by atoms with Crippen LogP contribution in [0.15, 0.2) is 29.2 Å². The van der Waals surface area contributed by atoms with Crippen molar-refractivity contribution in [2.75, 3.05) is 13.2 Å². The highest BCUT2D eigenvalue weighted by Crippen LogP contribution is 2.51. The number of aliphatic hydroxyl groups excluding tert-OH is 2. The molecule has 0 saturated heterocycles. The van der Waals surface area contributed by atoms with Crippen molar-refractivity contribution in [3.05, 3.63) is 29.3 Å². The highest BCUT2D eigenvalue weighted by atomic mass is 35.5. The Balaban J connectivity index is 2.30. The molecule has 0 bridgehead atoms. The van der Waals surface area contributed by atoms with E-state index in [1.165, 1.54) is 24.3 Å². The van der Waals surface area contributed by atoms with Crippen LogP contribution in [0.25, 0.3) is 0 Å². The summed E-state index contributed by atoms with van der Waals surface area (Å²) in [6, 6.07) is 5.90. The van der Waals surface area contributed by atoms with Crippen molar-refractivity contribution in [3.63, 3.8) is 0 Å². The molecule has 1 fully saturated rings. The number of hydrogen-bond donors (Lipinski definition) is 2. The summed E-state index contributed by atoms with van der Waals surface area (Å²) in [5.74, 6) is 0. The van der Waals surface area contributed by atoms with E-state index < -0.39 is 20.5 Å². The van der Waals surface area contributed by atoms with E-state index in [4.69, 9.17) is 21.8 Å². The minimum absolute atomic E-state index is 0.177. The number of sulfone groups is 1. The van der Waals surface area contributed by atoms with Gasteiger partial charge in [-0.2, -0.15) is 0 Å². The van der Waals surface area contributed by atoms with Gasteiger partial charge in [0.15, 0.2) is 9.84 Å². The molecular weight excluding hydrogens is 264 g/mol. The second kappa shape index (κ2) is 4.24. The third-order valence-electron chi connectivity index (χ3n) is 3.26. The van der Waals surface area contributed by atoms with Crippen LogP contribution in [0.5, 0.6) is 0 Å². The quantitative estimate of drug-likeness (QED) is 0.855. The van der Waals surface area contributed by atoms with E-state index >= 15 is 0 Å². The van der Waals surface area contributed by atoms with Crippen molar-refractivity contribution in [3.8, 4) is 0 Å². The molecule has 2 N–H and O–H groups in total. The second-order valence-corrected chi connectivity index (χ2v) is 6.94. The number of hydrogen-bond acceptors (Lipinski definition) is 4. The summed E-state index contributed by atoms with van der Waals surface area (Å²) in [4.78, 5) is 0.177. The first-order valence-corrected chi connectivity index (χ1v) is 7.10. The maximum Gasteiger partial charge on any atom is 0.181 e. The van der Waals surface area contributed by atoms with Crippen molar-refractivity contribution < 1.29 is 18.6 Å². The van der Waals surface area contributed by atoms with Crippen molar-refractivity contribution in [1.29, 1.82) is 0 Å². The Morgan fingerprint density at radius 3 is 2.18 bits per heavy atom. The van der Waals surface area contributed by atoms with Crippen LogP contribution in [0, 0.1) is 5.41 Å². The van der Waals surface area contributed by atoms with Crippen LogP contribution in [0.1, 0.15) is 6.42 Å². The van der Waals surface area contributed by atoms with Crippen LogP contribution >= 0.6 is 11.6 Å². The van der Waals surface area contributed by atoms with Crippen molar-refractivity contribution in [1.82, 2.24) is 0 Å². The SMILES string of the molecule is O=S(=O)(c1ccc(Cl)cc1)[C@@H]1CC1(CO)CO. The van der Waals surface area contributed by atoms with Gasteiger partial charge in [-0.3, -0.25) is 0 Å². The minimum atomic E-state index is -3.49.